The minimum Gasteiger partial charge on any atom is -0.325 e. The Kier molecular flexibility index (Phi) is 3.26. The van der Waals surface area contributed by atoms with Gasteiger partial charge in [0.2, 0.25) is 5.28 Å². The highest BCUT2D eigenvalue weighted by Gasteiger charge is 2.38. The van der Waals surface area contributed by atoms with E-state index in [1.165, 1.54) is 11.3 Å². The summed E-state index contributed by atoms with van der Waals surface area (Å²) in [4.78, 5) is 7.71. The fourth-order valence-corrected chi connectivity index (χ4v) is 2.44. The number of nitrogens with two attached hydrogens (primary N) is 2. The number of hydrogen-bond donors (Lipinski definition) is 2. The molecule has 0 aromatic carbocycles. The quantitative estimate of drug-likeness (QED) is 0.841. The Labute approximate surface area is 105 Å². The van der Waals surface area contributed by atoms with E-state index in [0.29, 0.717) is 10.2 Å². The monoisotopic (exact) mass is 278 g/mol. The van der Waals surface area contributed by atoms with Gasteiger partial charge < -0.3 is 11.5 Å². The Hall–Kier alpha value is -0.890. The summed E-state index contributed by atoms with van der Waals surface area (Å²) in [6, 6.07) is 0.0823. The molecule has 0 fully saturated rings. The SMILES string of the molecule is NCC(F)(F)C(N)c1nc(Cl)nc2ccsc12. The van der Waals surface area contributed by atoms with Gasteiger partial charge in [-0.25, -0.2) is 18.7 Å². The van der Waals surface area contributed by atoms with Gasteiger partial charge in [-0.3, -0.25) is 0 Å². The third-order valence-corrected chi connectivity index (χ3v) is 3.42. The van der Waals surface area contributed by atoms with Gasteiger partial charge in [0.1, 0.15) is 6.04 Å². The molecule has 0 aliphatic rings. The topological polar surface area (TPSA) is 77.8 Å². The number of hydrogen-bond acceptors (Lipinski definition) is 5. The van der Waals surface area contributed by atoms with Gasteiger partial charge in [0.05, 0.1) is 22.5 Å². The van der Waals surface area contributed by atoms with E-state index < -0.39 is 18.5 Å². The van der Waals surface area contributed by atoms with Crippen LogP contribution in [0.4, 0.5) is 8.78 Å². The molecule has 2 aromatic rings. The standard InChI is InChI=1S/C9H9ClF2N4S/c10-8-15-4-1-2-17-6(4)5(16-8)7(14)9(11,12)3-13/h1-2,7H,3,13-14H2. The Balaban J connectivity index is 2.58. The second-order valence-electron chi connectivity index (χ2n) is 3.46. The van der Waals surface area contributed by atoms with Crippen LogP contribution in [0, 0.1) is 0 Å². The molecule has 0 bridgehead atoms. The van der Waals surface area contributed by atoms with E-state index in [1.807, 2.05) is 0 Å². The third kappa shape index (κ3) is 2.23. The van der Waals surface area contributed by atoms with Crippen molar-refractivity contribution in [2.75, 3.05) is 6.54 Å². The van der Waals surface area contributed by atoms with Crippen LogP contribution in [-0.2, 0) is 0 Å². The number of nitrogens with zero attached hydrogens (tertiary/aromatic N) is 2. The zero-order valence-electron chi connectivity index (χ0n) is 8.53. The molecular formula is C9H9ClF2N4S. The summed E-state index contributed by atoms with van der Waals surface area (Å²) < 4.78 is 27.4. The molecule has 0 radical (unpaired) electrons. The predicted molar refractivity (Wildman–Crippen MR) is 63.4 cm³/mol. The molecular weight excluding hydrogens is 270 g/mol. The minimum absolute atomic E-state index is 0.0328. The highest BCUT2D eigenvalue weighted by molar-refractivity contribution is 7.17. The molecule has 0 aliphatic carbocycles. The first kappa shape index (κ1) is 12.6. The Morgan fingerprint density at radius 2 is 2.18 bits per heavy atom. The van der Waals surface area contributed by atoms with Crippen LogP contribution in [0.15, 0.2) is 11.4 Å². The summed E-state index contributed by atoms with van der Waals surface area (Å²) in [6.07, 6.45) is 0. The smallest absolute Gasteiger partial charge is 0.280 e. The maximum Gasteiger partial charge on any atom is 0.280 e. The Bertz CT molecular complexity index is 545. The minimum atomic E-state index is -3.23. The first-order valence-electron chi connectivity index (χ1n) is 4.70. The molecule has 17 heavy (non-hydrogen) atoms. The molecule has 1 atom stereocenters. The zero-order chi connectivity index (χ0) is 12.6. The first-order valence-corrected chi connectivity index (χ1v) is 5.95. The molecule has 92 valence electrons. The van der Waals surface area contributed by atoms with Crippen molar-refractivity contribution in [1.82, 2.24) is 9.97 Å². The van der Waals surface area contributed by atoms with Gasteiger partial charge in [-0.05, 0) is 23.0 Å². The van der Waals surface area contributed by atoms with Crippen LogP contribution in [0.3, 0.4) is 0 Å². The van der Waals surface area contributed by atoms with Crippen molar-refractivity contribution in [2.24, 2.45) is 11.5 Å². The van der Waals surface area contributed by atoms with Gasteiger partial charge in [-0.15, -0.1) is 11.3 Å². The normalized spacial score (nSPS) is 14.2. The summed E-state index contributed by atoms with van der Waals surface area (Å²) in [6.45, 7) is -0.845. The summed E-state index contributed by atoms with van der Waals surface area (Å²) in [5.74, 6) is -3.23. The lowest BCUT2D eigenvalue weighted by Gasteiger charge is -2.21. The van der Waals surface area contributed by atoms with Gasteiger partial charge in [0.25, 0.3) is 5.92 Å². The Morgan fingerprint density at radius 1 is 1.47 bits per heavy atom. The van der Waals surface area contributed by atoms with Crippen LogP contribution in [0.5, 0.6) is 0 Å². The van der Waals surface area contributed by atoms with Crippen LogP contribution in [0.1, 0.15) is 11.7 Å². The number of thiophene rings is 1. The average molecular weight is 279 g/mol. The molecule has 2 heterocycles. The van der Waals surface area contributed by atoms with Crippen molar-refractivity contribution in [2.45, 2.75) is 12.0 Å². The second-order valence-corrected chi connectivity index (χ2v) is 4.71. The van der Waals surface area contributed by atoms with Crippen molar-refractivity contribution in [3.8, 4) is 0 Å². The third-order valence-electron chi connectivity index (χ3n) is 2.32. The highest BCUT2D eigenvalue weighted by atomic mass is 35.5. The number of rotatable bonds is 3. The maximum atomic E-state index is 13.4. The van der Waals surface area contributed by atoms with Crippen LogP contribution in [0.2, 0.25) is 5.28 Å². The van der Waals surface area contributed by atoms with Crippen molar-refractivity contribution in [1.29, 1.82) is 0 Å². The summed E-state index contributed by atoms with van der Waals surface area (Å²) in [5.41, 5.74) is 11.0. The molecule has 2 aromatic heterocycles. The maximum absolute atomic E-state index is 13.4. The molecule has 4 N–H and O–H groups in total. The lowest BCUT2D eigenvalue weighted by molar-refractivity contribution is -0.0172. The largest absolute Gasteiger partial charge is 0.325 e. The zero-order valence-corrected chi connectivity index (χ0v) is 10.1. The molecule has 1 unspecified atom stereocenters. The Morgan fingerprint density at radius 3 is 2.82 bits per heavy atom. The predicted octanol–water partition coefficient (Wildman–Crippen LogP) is 1.94. The average Bonchev–Trinajstić information content (AvgIpc) is 2.74. The number of halogens is 3. The first-order chi connectivity index (χ1) is 7.95. The molecule has 0 saturated heterocycles. The van der Waals surface area contributed by atoms with E-state index in [-0.39, 0.29) is 11.0 Å². The van der Waals surface area contributed by atoms with Gasteiger partial charge in [0, 0.05) is 0 Å². The molecule has 2 rings (SSSR count). The van der Waals surface area contributed by atoms with Crippen LogP contribution < -0.4 is 11.5 Å². The van der Waals surface area contributed by atoms with Crippen molar-refractivity contribution < 1.29 is 8.78 Å². The molecule has 0 amide bonds. The lowest BCUT2D eigenvalue weighted by atomic mass is 10.1. The summed E-state index contributed by atoms with van der Waals surface area (Å²) in [7, 11) is 0. The van der Waals surface area contributed by atoms with E-state index in [1.54, 1.807) is 11.4 Å². The van der Waals surface area contributed by atoms with Crippen molar-refractivity contribution >= 4 is 33.2 Å². The fraction of sp³-hybridized carbons (Fsp3) is 0.333. The number of alkyl halides is 2. The molecule has 0 spiro atoms. The van der Waals surface area contributed by atoms with E-state index >= 15 is 0 Å². The highest BCUT2D eigenvalue weighted by Crippen LogP contribution is 2.33. The van der Waals surface area contributed by atoms with Crippen LogP contribution >= 0.6 is 22.9 Å². The summed E-state index contributed by atoms with van der Waals surface area (Å²) >= 11 is 6.91. The van der Waals surface area contributed by atoms with Gasteiger partial charge >= 0.3 is 0 Å². The van der Waals surface area contributed by atoms with Gasteiger partial charge in [-0.1, -0.05) is 0 Å². The van der Waals surface area contributed by atoms with E-state index in [9.17, 15) is 8.78 Å². The molecule has 8 heteroatoms. The van der Waals surface area contributed by atoms with Crippen LogP contribution in [0.25, 0.3) is 10.2 Å². The van der Waals surface area contributed by atoms with Crippen molar-refractivity contribution in [3.05, 3.63) is 22.4 Å². The molecule has 4 nitrogen and oxygen atoms in total. The van der Waals surface area contributed by atoms with Gasteiger partial charge in [0.15, 0.2) is 0 Å². The fourth-order valence-electron chi connectivity index (χ4n) is 1.39. The van der Waals surface area contributed by atoms with Gasteiger partial charge in [-0.2, -0.15) is 0 Å². The number of fused-ring (bicyclic) bond motifs is 1. The van der Waals surface area contributed by atoms with E-state index in [4.69, 9.17) is 23.1 Å². The molecule has 0 aliphatic heterocycles. The van der Waals surface area contributed by atoms with Crippen LogP contribution in [-0.4, -0.2) is 22.4 Å². The second kappa shape index (κ2) is 4.41. The van der Waals surface area contributed by atoms with E-state index in [2.05, 4.69) is 9.97 Å². The lowest BCUT2D eigenvalue weighted by Crippen LogP contribution is -2.40. The summed E-state index contributed by atoms with van der Waals surface area (Å²) in [5, 5.41) is 1.61. The van der Waals surface area contributed by atoms with E-state index in [0.717, 1.165) is 0 Å². The number of aromatic nitrogens is 2. The molecule has 0 saturated carbocycles. The van der Waals surface area contributed by atoms with Crippen molar-refractivity contribution in [3.63, 3.8) is 0 Å².